The SMILES string of the molecule is NS(=O)(=O)c1cc(-c2ccccc2C(O)CBr)ccc1OCc1ccccc1. The molecule has 146 valence electrons. The lowest BCUT2D eigenvalue weighted by Gasteiger charge is -2.16. The number of ether oxygens (including phenoxy) is 1. The van der Waals surface area contributed by atoms with Gasteiger partial charge in [-0.1, -0.05) is 76.6 Å². The summed E-state index contributed by atoms with van der Waals surface area (Å²) in [6, 6.07) is 21.6. The highest BCUT2D eigenvalue weighted by Gasteiger charge is 2.19. The second-order valence-corrected chi connectivity index (χ2v) is 8.42. The van der Waals surface area contributed by atoms with Crippen LogP contribution >= 0.6 is 15.9 Å². The van der Waals surface area contributed by atoms with E-state index in [-0.39, 0.29) is 17.3 Å². The average Bonchev–Trinajstić information content (AvgIpc) is 2.71. The van der Waals surface area contributed by atoms with E-state index in [9.17, 15) is 13.5 Å². The molecule has 3 N–H and O–H groups in total. The number of benzene rings is 3. The third kappa shape index (κ3) is 4.80. The lowest BCUT2D eigenvalue weighted by molar-refractivity contribution is 0.206. The van der Waals surface area contributed by atoms with Crippen molar-refractivity contribution in [2.24, 2.45) is 5.14 Å². The third-order valence-corrected chi connectivity index (χ3v) is 5.81. The van der Waals surface area contributed by atoms with E-state index in [4.69, 9.17) is 9.88 Å². The average molecular weight is 462 g/mol. The molecule has 0 aliphatic carbocycles. The van der Waals surface area contributed by atoms with Crippen molar-refractivity contribution in [3.05, 3.63) is 83.9 Å². The van der Waals surface area contributed by atoms with Crippen LogP contribution in [0.5, 0.6) is 5.75 Å². The zero-order chi connectivity index (χ0) is 20.1. The van der Waals surface area contributed by atoms with Crippen molar-refractivity contribution in [1.29, 1.82) is 0 Å². The summed E-state index contributed by atoms with van der Waals surface area (Å²) in [6.45, 7) is 0.224. The van der Waals surface area contributed by atoms with Gasteiger partial charge in [-0.2, -0.15) is 0 Å². The summed E-state index contributed by atoms with van der Waals surface area (Å²) in [6.07, 6.45) is -0.719. The van der Waals surface area contributed by atoms with Gasteiger partial charge in [-0.05, 0) is 34.4 Å². The van der Waals surface area contributed by atoms with Crippen molar-refractivity contribution in [1.82, 2.24) is 0 Å². The molecule has 0 amide bonds. The topological polar surface area (TPSA) is 89.6 Å². The Hall–Kier alpha value is -2.19. The zero-order valence-electron chi connectivity index (χ0n) is 15.0. The smallest absolute Gasteiger partial charge is 0.241 e. The minimum atomic E-state index is -4.00. The summed E-state index contributed by atoms with van der Waals surface area (Å²) in [5, 5.41) is 16.0. The highest BCUT2D eigenvalue weighted by molar-refractivity contribution is 9.09. The molecule has 0 aromatic heterocycles. The van der Waals surface area contributed by atoms with Crippen LogP contribution in [0.1, 0.15) is 17.2 Å². The van der Waals surface area contributed by atoms with Crippen molar-refractivity contribution in [3.8, 4) is 16.9 Å². The molecule has 0 heterocycles. The van der Waals surface area contributed by atoms with Gasteiger partial charge in [-0.3, -0.25) is 0 Å². The molecule has 0 spiro atoms. The molecule has 0 aliphatic heterocycles. The number of aliphatic hydroxyl groups excluding tert-OH is 1. The maximum Gasteiger partial charge on any atom is 0.241 e. The van der Waals surface area contributed by atoms with Crippen LogP contribution in [-0.4, -0.2) is 18.9 Å². The lowest BCUT2D eigenvalue weighted by Crippen LogP contribution is -2.14. The molecule has 5 nitrogen and oxygen atoms in total. The number of rotatable bonds is 7. The number of nitrogens with two attached hydrogens (primary N) is 1. The van der Waals surface area contributed by atoms with E-state index in [1.807, 2.05) is 48.5 Å². The van der Waals surface area contributed by atoms with E-state index in [2.05, 4.69) is 15.9 Å². The first-order chi connectivity index (χ1) is 13.4. The highest BCUT2D eigenvalue weighted by Crippen LogP contribution is 2.34. The molecule has 0 saturated carbocycles. The Morgan fingerprint density at radius 3 is 2.36 bits per heavy atom. The number of sulfonamides is 1. The van der Waals surface area contributed by atoms with Gasteiger partial charge in [-0.25, -0.2) is 13.6 Å². The maximum absolute atomic E-state index is 12.2. The summed E-state index contributed by atoms with van der Waals surface area (Å²) in [7, 11) is -4.00. The van der Waals surface area contributed by atoms with Crippen LogP contribution in [-0.2, 0) is 16.6 Å². The van der Waals surface area contributed by atoms with E-state index in [1.165, 1.54) is 6.07 Å². The van der Waals surface area contributed by atoms with E-state index >= 15 is 0 Å². The van der Waals surface area contributed by atoms with Gasteiger partial charge in [0.15, 0.2) is 0 Å². The van der Waals surface area contributed by atoms with E-state index in [1.54, 1.807) is 18.2 Å². The first kappa shape index (κ1) is 20.5. The van der Waals surface area contributed by atoms with Gasteiger partial charge < -0.3 is 9.84 Å². The summed E-state index contributed by atoms with van der Waals surface area (Å²) >= 11 is 3.27. The monoisotopic (exact) mass is 461 g/mol. The molecule has 0 radical (unpaired) electrons. The number of hydrogen-bond donors (Lipinski definition) is 2. The number of halogens is 1. The molecular weight excluding hydrogens is 442 g/mol. The Balaban J connectivity index is 2.01. The number of hydrogen-bond acceptors (Lipinski definition) is 4. The molecule has 0 bridgehead atoms. The zero-order valence-corrected chi connectivity index (χ0v) is 17.4. The Labute approximate surface area is 173 Å². The van der Waals surface area contributed by atoms with E-state index in [0.29, 0.717) is 16.5 Å². The molecule has 3 aromatic rings. The maximum atomic E-state index is 12.2. The normalized spacial score (nSPS) is 12.5. The first-order valence-electron chi connectivity index (χ1n) is 8.57. The minimum absolute atomic E-state index is 0.0935. The highest BCUT2D eigenvalue weighted by atomic mass is 79.9. The predicted octanol–water partition coefficient (Wildman–Crippen LogP) is 4.01. The van der Waals surface area contributed by atoms with Gasteiger partial charge in [0, 0.05) is 5.33 Å². The summed E-state index contributed by atoms with van der Waals surface area (Å²) < 4.78 is 30.1. The number of alkyl halides is 1. The van der Waals surface area contributed by atoms with Gasteiger partial charge in [0.2, 0.25) is 10.0 Å². The van der Waals surface area contributed by atoms with Crippen LogP contribution in [0.4, 0.5) is 0 Å². The van der Waals surface area contributed by atoms with E-state index in [0.717, 1.165) is 11.1 Å². The lowest BCUT2D eigenvalue weighted by atomic mass is 9.97. The molecule has 3 aromatic carbocycles. The fourth-order valence-corrected chi connectivity index (χ4v) is 3.93. The van der Waals surface area contributed by atoms with Gasteiger partial charge in [0.25, 0.3) is 0 Å². The van der Waals surface area contributed by atoms with E-state index < -0.39 is 16.1 Å². The van der Waals surface area contributed by atoms with Crippen molar-refractivity contribution in [3.63, 3.8) is 0 Å². The van der Waals surface area contributed by atoms with Crippen LogP contribution < -0.4 is 9.88 Å². The Bertz CT molecular complexity index is 1060. The molecule has 0 aliphatic rings. The molecule has 1 atom stereocenters. The van der Waals surface area contributed by atoms with Crippen LogP contribution in [0.2, 0.25) is 0 Å². The molecule has 3 rings (SSSR count). The van der Waals surface area contributed by atoms with Gasteiger partial charge in [0.05, 0.1) is 6.10 Å². The molecule has 1 unspecified atom stereocenters. The van der Waals surface area contributed by atoms with Crippen LogP contribution in [0, 0.1) is 0 Å². The summed E-state index contributed by atoms with van der Waals surface area (Å²) in [5.74, 6) is 0.189. The molecular formula is C21H20BrNO4S. The first-order valence-corrected chi connectivity index (χ1v) is 11.2. The molecule has 28 heavy (non-hydrogen) atoms. The minimum Gasteiger partial charge on any atom is -0.487 e. The van der Waals surface area contributed by atoms with Gasteiger partial charge in [-0.15, -0.1) is 0 Å². The van der Waals surface area contributed by atoms with Crippen LogP contribution in [0.3, 0.4) is 0 Å². The van der Waals surface area contributed by atoms with Gasteiger partial charge in [0.1, 0.15) is 17.3 Å². The molecule has 0 fully saturated rings. The van der Waals surface area contributed by atoms with Gasteiger partial charge >= 0.3 is 0 Å². The predicted molar refractivity (Wildman–Crippen MR) is 113 cm³/mol. The molecule has 7 heteroatoms. The Morgan fingerprint density at radius 2 is 1.68 bits per heavy atom. The quantitative estimate of drug-likeness (QED) is 0.520. The van der Waals surface area contributed by atoms with Crippen molar-refractivity contribution in [2.75, 3.05) is 5.33 Å². The van der Waals surface area contributed by atoms with Crippen molar-refractivity contribution < 1.29 is 18.3 Å². The van der Waals surface area contributed by atoms with Crippen LogP contribution in [0.25, 0.3) is 11.1 Å². The summed E-state index contributed by atoms with van der Waals surface area (Å²) in [4.78, 5) is -0.0935. The number of primary sulfonamides is 1. The van der Waals surface area contributed by atoms with Crippen LogP contribution in [0.15, 0.2) is 77.7 Å². The Kier molecular flexibility index (Phi) is 6.51. The fraction of sp³-hybridized carbons (Fsp3) is 0.143. The van der Waals surface area contributed by atoms with Crippen molar-refractivity contribution in [2.45, 2.75) is 17.6 Å². The largest absolute Gasteiger partial charge is 0.487 e. The number of aliphatic hydroxyl groups is 1. The Morgan fingerprint density at radius 1 is 1.00 bits per heavy atom. The second kappa shape index (κ2) is 8.87. The third-order valence-electron chi connectivity index (χ3n) is 4.26. The second-order valence-electron chi connectivity index (χ2n) is 6.24. The standard InChI is InChI=1S/C21H20BrNO4S/c22-13-19(24)18-9-5-4-8-17(18)16-10-11-20(21(12-16)28(23,25)26)27-14-15-6-2-1-3-7-15/h1-12,19,24H,13-14H2,(H2,23,25,26). The summed E-state index contributed by atoms with van der Waals surface area (Å²) in [5.41, 5.74) is 2.97. The fourth-order valence-electron chi connectivity index (χ4n) is 2.89. The molecule has 0 saturated heterocycles. The van der Waals surface area contributed by atoms with Crippen molar-refractivity contribution >= 4 is 26.0 Å².